The zero-order chi connectivity index (χ0) is 15.0. The van der Waals surface area contributed by atoms with E-state index >= 15 is 0 Å². The minimum absolute atomic E-state index is 0.626. The fourth-order valence-electron chi connectivity index (χ4n) is 1.80. The van der Waals surface area contributed by atoms with Crippen molar-refractivity contribution in [3.05, 3.63) is 23.8 Å². The van der Waals surface area contributed by atoms with Crippen LogP contribution in [-0.4, -0.2) is 37.3 Å². The Bertz CT molecular complexity index is 438. The zero-order valence-corrected chi connectivity index (χ0v) is 13.5. The minimum atomic E-state index is 0.626. The Labute approximate surface area is 127 Å². The van der Waals surface area contributed by atoms with Crippen molar-refractivity contribution in [1.29, 1.82) is 0 Å². The highest BCUT2D eigenvalue weighted by atomic mass is 32.1. The molecule has 0 fully saturated rings. The first kappa shape index (κ1) is 16.6. The lowest BCUT2D eigenvalue weighted by molar-refractivity contribution is 0.310. The van der Waals surface area contributed by atoms with Gasteiger partial charge < -0.3 is 19.7 Å². The van der Waals surface area contributed by atoms with Crippen molar-refractivity contribution in [1.82, 2.24) is 10.2 Å². The summed E-state index contributed by atoms with van der Waals surface area (Å²) in [5.41, 5.74) is 1.13. The van der Waals surface area contributed by atoms with Gasteiger partial charge in [-0.3, -0.25) is 0 Å². The molecule has 0 bridgehead atoms. The normalized spacial score (nSPS) is 10.0. The van der Waals surface area contributed by atoms with Crippen LogP contribution in [0, 0.1) is 0 Å². The van der Waals surface area contributed by atoms with Gasteiger partial charge in [0.2, 0.25) is 0 Å². The second-order valence-corrected chi connectivity index (χ2v) is 4.89. The Kier molecular flexibility index (Phi) is 7.15. The average Bonchev–Trinajstić information content (AvgIpc) is 2.46. The van der Waals surface area contributed by atoms with Crippen molar-refractivity contribution in [2.75, 3.05) is 27.3 Å². The maximum atomic E-state index is 5.51. The van der Waals surface area contributed by atoms with Crippen LogP contribution >= 0.6 is 12.2 Å². The molecule has 0 aliphatic carbocycles. The molecule has 0 aliphatic rings. The molecule has 1 N–H and O–H groups in total. The first-order valence-electron chi connectivity index (χ1n) is 6.91. The summed E-state index contributed by atoms with van der Waals surface area (Å²) in [6, 6.07) is 5.96. The predicted molar refractivity (Wildman–Crippen MR) is 86.5 cm³/mol. The van der Waals surface area contributed by atoms with Gasteiger partial charge in [-0.1, -0.05) is 13.0 Å². The standard InChI is InChI=1S/C15H24N2O2S/c1-5-9-16-15(20)17(3)11-12-7-8-13(19-6-2)14(10-12)18-4/h7-8,10H,5-6,9,11H2,1-4H3,(H,16,20). The van der Waals surface area contributed by atoms with Crippen molar-refractivity contribution in [2.24, 2.45) is 0 Å². The molecule has 0 saturated heterocycles. The van der Waals surface area contributed by atoms with E-state index in [9.17, 15) is 0 Å². The Morgan fingerprint density at radius 2 is 2.05 bits per heavy atom. The number of rotatable bonds is 7. The molecule has 0 radical (unpaired) electrons. The van der Waals surface area contributed by atoms with E-state index in [4.69, 9.17) is 21.7 Å². The third-order valence-electron chi connectivity index (χ3n) is 2.82. The smallest absolute Gasteiger partial charge is 0.168 e. The van der Waals surface area contributed by atoms with E-state index in [1.54, 1.807) is 7.11 Å². The van der Waals surface area contributed by atoms with Crippen molar-refractivity contribution < 1.29 is 9.47 Å². The number of benzene rings is 1. The summed E-state index contributed by atoms with van der Waals surface area (Å²) >= 11 is 5.33. The van der Waals surface area contributed by atoms with Crippen molar-refractivity contribution in [3.63, 3.8) is 0 Å². The summed E-state index contributed by atoms with van der Waals surface area (Å²) in [6.07, 6.45) is 1.06. The van der Waals surface area contributed by atoms with E-state index in [-0.39, 0.29) is 0 Å². The number of nitrogens with zero attached hydrogens (tertiary/aromatic N) is 1. The molecule has 0 aromatic heterocycles. The highest BCUT2D eigenvalue weighted by Crippen LogP contribution is 2.28. The van der Waals surface area contributed by atoms with Gasteiger partial charge >= 0.3 is 0 Å². The molecule has 112 valence electrons. The van der Waals surface area contributed by atoms with Gasteiger partial charge in [-0.25, -0.2) is 0 Å². The predicted octanol–water partition coefficient (Wildman–Crippen LogP) is 2.81. The molecule has 4 nitrogen and oxygen atoms in total. The molecule has 1 aromatic carbocycles. The highest BCUT2D eigenvalue weighted by Gasteiger charge is 2.08. The zero-order valence-electron chi connectivity index (χ0n) is 12.7. The quantitative estimate of drug-likeness (QED) is 0.783. The molecule has 5 heteroatoms. The Morgan fingerprint density at radius 3 is 2.65 bits per heavy atom. The van der Waals surface area contributed by atoms with Crippen LogP contribution in [0.3, 0.4) is 0 Å². The number of methoxy groups -OCH3 is 1. The van der Waals surface area contributed by atoms with E-state index in [2.05, 4.69) is 12.2 Å². The van der Waals surface area contributed by atoms with E-state index in [1.807, 2.05) is 37.1 Å². The van der Waals surface area contributed by atoms with Crippen molar-refractivity contribution in [3.8, 4) is 11.5 Å². The third-order valence-corrected chi connectivity index (χ3v) is 3.28. The maximum absolute atomic E-state index is 5.51. The molecule has 0 atom stereocenters. The molecular formula is C15H24N2O2S. The first-order chi connectivity index (χ1) is 9.62. The van der Waals surface area contributed by atoms with Gasteiger partial charge in [-0.2, -0.15) is 0 Å². The van der Waals surface area contributed by atoms with Gasteiger partial charge in [0.05, 0.1) is 13.7 Å². The maximum Gasteiger partial charge on any atom is 0.168 e. The molecule has 0 amide bonds. The molecule has 0 unspecified atom stereocenters. The summed E-state index contributed by atoms with van der Waals surface area (Å²) in [6.45, 7) is 6.33. The van der Waals surface area contributed by atoms with Gasteiger partial charge in [0.15, 0.2) is 16.6 Å². The van der Waals surface area contributed by atoms with Gasteiger partial charge in [0, 0.05) is 20.1 Å². The Morgan fingerprint density at radius 1 is 1.30 bits per heavy atom. The van der Waals surface area contributed by atoms with Crippen LogP contribution in [0.5, 0.6) is 11.5 Å². The summed E-state index contributed by atoms with van der Waals surface area (Å²) in [5.74, 6) is 1.53. The van der Waals surface area contributed by atoms with Crippen LogP contribution in [0.15, 0.2) is 18.2 Å². The summed E-state index contributed by atoms with van der Waals surface area (Å²) in [5, 5.41) is 3.98. The average molecular weight is 296 g/mol. The summed E-state index contributed by atoms with van der Waals surface area (Å²) in [4.78, 5) is 2.01. The van der Waals surface area contributed by atoms with Crippen LogP contribution in [0.2, 0.25) is 0 Å². The molecule has 0 saturated carbocycles. The lowest BCUT2D eigenvalue weighted by atomic mass is 10.2. The molecule has 20 heavy (non-hydrogen) atoms. The topological polar surface area (TPSA) is 33.7 Å². The molecule has 0 spiro atoms. The second-order valence-electron chi connectivity index (χ2n) is 4.51. The minimum Gasteiger partial charge on any atom is -0.493 e. The highest BCUT2D eigenvalue weighted by molar-refractivity contribution is 7.80. The largest absolute Gasteiger partial charge is 0.493 e. The summed E-state index contributed by atoms with van der Waals surface area (Å²) < 4.78 is 10.9. The van der Waals surface area contributed by atoms with E-state index < -0.39 is 0 Å². The van der Waals surface area contributed by atoms with Crippen molar-refractivity contribution >= 4 is 17.3 Å². The van der Waals surface area contributed by atoms with Crippen LogP contribution in [0.25, 0.3) is 0 Å². The number of thiocarbonyl (C=S) groups is 1. The number of nitrogens with one attached hydrogen (secondary N) is 1. The van der Waals surface area contributed by atoms with E-state index in [0.29, 0.717) is 6.61 Å². The second kappa shape index (κ2) is 8.64. The SMILES string of the molecule is CCCNC(=S)N(C)Cc1ccc(OCC)c(OC)c1. The van der Waals surface area contributed by atoms with Crippen LogP contribution in [0.1, 0.15) is 25.8 Å². The fourth-order valence-corrected chi connectivity index (χ4v) is 1.96. The van der Waals surface area contributed by atoms with Crippen LogP contribution < -0.4 is 14.8 Å². The Balaban J connectivity index is 2.70. The molecule has 0 heterocycles. The number of ether oxygens (including phenoxy) is 2. The molecule has 1 rings (SSSR count). The first-order valence-corrected chi connectivity index (χ1v) is 7.31. The Hall–Kier alpha value is -1.49. The molecule has 1 aromatic rings. The number of hydrogen-bond donors (Lipinski definition) is 1. The molecule has 0 aliphatic heterocycles. The fraction of sp³-hybridized carbons (Fsp3) is 0.533. The monoisotopic (exact) mass is 296 g/mol. The van der Waals surface area contributed by atoms with E-state index in [0.717, 1.165) is 41.7 Å². The van der Waals surface area contributed by atoms with Gasteiger partial charge in [-0.15, -0.1) is 0 Å². The lowest BCUT2D eigenvalue weighted by Crippen LogP contribution is -2.36. The van der Waals surface area contributed by atoms with Gasteiger partial charge in [0.1, 0.15) is 0 Å². The van der Waals surface area contributed by atoms with Crippen molar-refractivity contribution in [2.45, 2.75) is 26.8 Å². The lowest BCUT2D eigenvalue weighted by Gasteiger charge is -2.21. The third kappa shape index (κ3) is 4.89. The van der Waals surface area contributed by atoms with Crippen LogP contribution in [0.4, 0.5) is 0 Å². The summed E-state index contributed by atoms with van der Waals surface area (Å²) in [7, 11) is 3.63. The van der Waals surface area contributed by atoms with E-state index in [1.165, 1.54) is 0 Å². The number of hydrogen-bond acceptors (Lipinski definition) is 3. The van der Waals surface area contributed by atoms with Gasteiger partial charge in [-0.05, 0) is 43.3 Å². The van der Waals surface area contributed by atoms with Crippen LogP contribution in [-0.2, 0) is 6.54 Å². The molecular weight excluding hydrogens is 272 g/mol. The van der Waals surface area contributed by atoms with Gasteiger partial charge in [0.25, 0.3) is 0 Å².